The average molecular weight is 532 g/mol. The van der Waals surface area contributed by atoms with E-state index in [2.05, 4.69) is 15.3 Å². The Labute approximate surface area is 225 Å². The van der Waals surface area contributed by atoms with Crippen LogP contribution in [0.1, 0.15) is 35.6 Å². The monoisotopic (exact) mass is 531 g/mol. The number of methoxy groups -OCH3 is 3. The maximum absolute atomic E-state index is 12.9. The molecule has 0 fully saturated rings. The summed E-state index contributed by atoms with van der Waals surface area (Å²) in [7, 11) is 4.48. The van der Waals surface area contributed by atoms with E-state index >= 15 is 0 Å². The Morgan fingerprint density at radius 3 is 2.31 bits per heavy atom. The standard InChI is InChI=1S/C29H29N3O7/c1-17-20(9-19-10-24(36-2)29(25(11-19)37-3)39-16-28(34)35)23-15-32-27(38-4)13-22(23)21(17)12-26(33)31-14-18-5-7-30-8-6-18/h5-11,13,15H,12,14,16H2,1-4H3,(H,31,33)(H,34,35). The maximum atomic E-state index is 12.9. The number of benzene rings is 1. The van der Waals surface area contributed by atoms with E-state index in [0.717, 1.165) is 39.0 Å². The molecule has 1 aromatic carbocycles. The number of nitrogens with one attached hydrogen (secondary N) is 1. The van der Waals surface area contributed by atoms with Crippen molar-refractivity contribution in [3.05, 3.63) is 76.7 Å². The summed E-state index contributed by atoms with van der Waals surface area (Å²) < 4.78 is 21.7. The number of carboxylic acids is 1. The second-order valence-corrected chi connectivity index (χ2v) is 8.68. The minimum absolute atomic E-state index is 0.118. The van der Waals surface area contributed by atoms with Crippen LogP contribution in [-0.2, 0) is 16.1 Å². The van der Waals surface area contributed by atoms with Crippen LogP contribution in [0.25, 0.3) is 17.2 Å². The number of carboxylic acid groups (broad SMARTS) is 1. The van der Waals surface area contributed by atoms with Crippen molar-refractivity contribution in [2.45, 2.75) is 19.9 Å². The van der Waals surface area contributed by atoms with E-state index in [1.54, 1.807) is 37.8 Å². The highest BCUT2D eigenvalue weighted by Gasteiger charge is 2.27. The lowest BCUT2D eigenvalue weighted by atomic mass is 10.0. The second kappa shape index (κ2) is 12.1. The molecule has 1 aliphatic rings. The molecule has 2 aromatic heterocycles. The number of rotatable bonds is 11. The topological polar surface area (TPSA) is 129 Å². The van der Waals surface area contributed by atoms with Crippen molar-refractivity contribution < 1.29 is 33.6 Å². The number of hydrogen-bond acceptors (Lipinski definition) is 8. The fourth-order valence-electron chi connectivity index (χ4n) is 4.34. The van der Waals surface area contributed by atoms with Crippen LogP contribution in [-0.4, -0.2) is 54.9 Å². The van der Waals surface area contributed by atoms with Gasteiger partial charge >= 0.3 is 5.97 Å². The Hall–Kier alpha value is -4.86. The van der Waals surface area contributed by atoms with Crippen LogP contribution in [0.2, 0.25) is 0 Å². The number of allylic oxidation sites excluding steroid dienone is 2. The molecule has 2 N–H and O–H groups in total. The lowest BCUT2D eigenvalue weighted by molar-refractivity contribution is -0.139. The number of carbonyl (C=O) groups is 2. The van der Waals surface area contributed by atoms with Gasteiger partial charge in [-0.1, -0.05) is 0 Å². The van der Waals surface area contributed by atoms with E-state index in [0.29, 0.717) is 23.9 Å². The summed E-state index contributed by atoms with van der Waals surface area (Å²) in [5.74, 6) is 0.0559. The third kappa shape index (κ3) is 6.18. The molecule has 0 atom stereocenters. The second-order valence-electron chi connectivity index (χ2n) is 8.68. The van der Waals surface area contributed by atoms with Crippen LogP contribution in [0.3, 0.4) is 0 Å². The molecule has 1 amide bonds. The maximum Gasteiger partial charge on any atom is 0.341 e. The minimum atomic E-state index is -1.12. The van der Waals surface area contributed by atoms with Crippen LogP contribution in [0, 0.1) is 0 Å². The summed E-state index contributed by atoms with van der Waals surface area (Å²) in [6.07, 6.45) is 7.21. The number of ether oxygens (including phenoxy) is 4. The van der Waals surface area contributed by atoms with Crippen molar-refractivity contribution in [3.8, 4) is 23.1 Å². The Bertz CT molecular complexity index is 1420. The Morgan fingerprint density at radius 1 is 1.00 bits per heavy atom. The lowest BCUT2D eigenvalue weighted by Gasteiger charge is -2.15. The molecule has 0 unspecified atom stereocenters. The first kappa shape index (κ1) is 27.2. The fraction of sp³-hybridized carbons (Fsp3) is 0.241. The van der Waals surface area contributed by atoms with E-state index in [1.807, 2.05) is 31.2 Å². The van der Waals surface area contributed by atoms with E-state index in [4.69, 9.17) is 24.1 Å². The van der Waals surface area contributed by atoms with Gasteiger partial charge in [0.15, 0.2) is 18.1 Å². The molecule has 4 rings (SSSR count). The number of hydrogen-bond donors (Lipinski definition) is 2. The molecule has 0 radical (unpaired) electrons. The highest BCUT2D eigenvalue weighted by molar-refractivity contribution is 6.08. The molecule has 0 spiro atoms. The van der Waals surface area contributed by atoms with Gasteiger partial charge in [0.25, 0.3) is 0 Å². The van der Waals surface area contributed by atoms with Crippen molar-refractivity contribution >= 4 is 29.1 Å². The largest absolute Gasteiger partial charge is 0.493 e. The Kier molecular flexibility index (Phi) is 8.45. The van der Waals surface area contributed by atoms with E-state index < -0.39 is 12.6 Å². The summed E-state index contributed by atoms with van der Waals surface area (Å²) in [5.41, 5.74) is 6.07. The molecule has 0 saturated heterocycles. The minimum Gasteiger partial charge on any atom is -0.493 e. The average Bonchev–Trinajstić information content (AvgIpc) is 3.20. The zero-order chi connectivity index (χ0) is 27.9. The van der Waals surface area contributed by atoms with Gasteiger partial charge in [0.2, 0.25) is 17.5 Å². The first-order valence-electron chi connectivity index (χ1n) is 12.1. The Balaban J connectivity index is 1.70. The zero-order valence-corrected chi connectivity index (χ0v) is 22.1. The third-order valence-corrected chi connectivity index (χ3v) is 6.27. The molecule has 2 heterocycles. The number of aliphatic carboxylic acids is 1. The van der Waals surface area contributed by atoms with Gasteiger partial charge in [0.05, 0.1) is 27.8 Å². The summed E-state index contributed by atoms with van der Waals surface area (Å²) >= 11 is 0. The molecule has 10 heteroatoms. The highest BCUT2D eigenvalue weighted by Crippen LogP contribution is 2.45. The molecule has 202 valence electrons. The van der Waals surface area contributed by atoms with E-state index in [1.165, 1.54) is 14.2 Å². The molecule has 1 aliphatic carbocycles. The SMILES string of the molecule is COc1cc2c(cn1)C(=Cc1cc(OC)c(OCC(=O)O)c(OC)c1)C(C)=C2CC(=O)NCc1ccncc1. The van der Waals surface area contributed by atoms with Crippen molar-refractivity contribution in [3.63, 3.8) is 0 Å². The van der Waals surface area contributed by atoms with Gasteiger partial charge in [-0.15, -0.1) is 0 Å². The molecule has 39 heavy (non-hydrogen) atoms. The lowest BCUT2D eigenvalue weighted by Crippen LogP contribution is -2.22. The molecule has 0 bridgehead atoms. The van der Waals surface area contributed by atoms with Gasteiger partial charge < -0.3 is 29.4 Å². The van der Waals surface area contributed by atoms with E-state index in [-0.39, 0.29) is 18.1 Å². The van der Waals surface area contributed by atoms with Gasteiger partial charge in [0, 0.05) is 36.8 Å². The van der Waals surface area contributed by atoms with Crippen molar-refractivity contribution in [2.24, 2.45) is 0 Å². The highest BCUT2D eigenvalue weighted by atomic mass is 16.5. The quantitative estimate of drug-likeness (QED) is 0.377. The van der Waals surface area contributed by atoms with Crippen LogP contribution in [0.4, 0.5) is 0 Å². The van der Waals surface area contributed by atoms with Crippen LogP contribution >= 0.6 is 0 Å². The van der Waals surface area contributed by atoms with Crippen LogP contribution in [0.5, 0.6) is 23.1 Å². The number of fused-ring (bicyclic) bond motifs is 1. The van der Waals surface area contributed by atoms with Crippen molar-refractivity contribution in [1.82, 2.24) is 15.3 Å². The first-order chi connectivity index (χ1) is 18.8. The third-order valence-electron chi connectivity index (χ3n) is 6.27. The van der Waals surface area contributed by atoms with Crippen LogP contribution < -0.4 is 24.3 Å². The Morgan fingerprint density at radius 2 is 1.69 bits per heavy atom. The summed E-state index contributed by atoms with van der Waals surface area (Å²) in [6.45, 7) is 1.82. The number of carbonyl (C=O) groups excluding carboxylic acids is 1. The van der Waals surface area contributed by atoms with Gasteiger partial charge in [-0.25, -0.2) is 9.78 Å². The first-order valence-corrected chi connectivity index (χ1v) is 12.1. The summed E-state index contributed by atoms with van der Waals surface area (Å²) in [5, 5.41) is 12.0. The summed E-state index contributed by atoms with van der Waals surface area (Å²) in [4.78, 5) is 32.4. The predicted molar refractivity (Wildman–Crippen MR) is 145 cm³/mol. The number of pyridine rings is 2. The number of nitrogens with zero attached hydrogens (tertiary/aromatic N) is 2. The normalized spacial score (nSPS) is 13.2. The number of aromatic nitrogens is 2. The summed E-state index contributed by atoms with van der Waals surface area (Å²) in [6, 6.07) is 9.00. The van der Waals surface area contributed by atoms with Crippen molar-refractivity contribution in [1.29, 1.82) is 0 Å². The molecular formula is C29H29N3O7. The van der Waals surface area contributed by atoms with E-state index in [9.17, 15) is 9.59 Å². The zero-order valence-electron chi connectivity index (χ0n) is 22.1. The molecule has 10 nitrogen and oxygen atoms in total. The molecular weight excluding hydrogens is 502 g/mol. The van der Waals surface area contributed by atoms with Gasteiger partial charge in [-0.05, 0) is 70.7 Å². The van der Waals surface area contributed by atoms with Gasteiger partial charge in [-0.2, -0.15) is 0 Å². The van der Waals surface area contributed by atoms with Crippen LogP contribution in [0.15, 0.2) is 54.5 Å². The molecule has 0 aliphatic heterocycles. The molecule has 3 aromatic rings. The predicted octanol–water partition coefficient (Wildman–Crippen LogP) is 4.00. The fourth-order valence-corrected chi connectivity index (χ4v) is 4.34. The molecule has 0 saturated carbocycles. The van der Waals surface area contributed by atoms with Gasteiger partial charge in [-0.3, -0.25) is 9.78 Å². The van der Waals surface area contributed by atoms with Crippen molar-refractivity contribution in [2.75, 3.05) is 27.9 Å². The van der Waals surface area contributed by atoms with Gasteiger partial charge in [0.1, 0.15) is 0 Å². The number of amides is 1. The smallest absolute Gasteiger partial charge is 0.341 e.